The molecule has 1 aromatic carbocycles. The van der Waals surface area contributed by atoms with Gasteiger partial charge in [-0.3, -0.25) is 4.79 Å². The highest BCUT2D eigenvalue weighted by Gasteiger charge is 2.15. The van der Waals surface area contributed by atoms with Crippen LogP contribution in [-0.4, -0.2) is 21.2 Å². The number of hydrogen-bond donors (Lipinski definition) is 1. The molecule has 0 saturated heterocycles. The van der Waals surface area contributed by atoms with Gasteiger partial charge < -0.3 is 14.4 Å². The van der Waals surface area contributed by atoms with Crippen molar-refractivity contribution in [1.29, 1.82) is 0 Å². The number of amides is 1. The molecular weight excluding hydrogens is 352 g/mol. The summed E-state index contributed by atoms with van der Waals surface area (Å²) in [6.45, 7) is 1.73. The van der Waals surface area contributed by atoms with Crippen LogP contribution in [0.2, 0.25) is 0 Å². The minimum atomic E-state index is -0.334. The lowest BCUT2D eigenvalue weighted by Gasteiger charge is -2.08. The van der Waals surface area contributed by atoms with Gasteiger partial charge in [0.25, 0.3) is 5.91 Å². The van der Waals surface area contributed by atoms with Crippen LogP contribution in [0.3, 0.4) is 0 Å². The maximum atomic E-state index is 12.3. The molecule has 4 aromatic rings. The Morgan fingerprint density at radius 3 is 2.81 bits per heavy atom. The zero-order valence-corrected chi connectivity index (χ0v) is 14.6. The highest BCUT2D eigenvalue weighted by Crippen LogP contribution is 2.24. The van der Waals surface area contributed by atoms with Gasteiger partial charge in [0.2, 0.25) is 11.7 Å². The zero-order chi connectivity index (χ0) is 17.9. The Labute approximate surface area is 152 Å². The predicted molar refractivity (Wildman–Crippen MR) is 96.1 cm³/mol. The number of benzene rings is 1. The van der Waals surface area contributed by atoms with Gasteiger partial charge >= 0.3 is 0 Å². The summed E-state index contributed by atoms with van der Waals surface area (Å²) in [5, 5.41) is 12.5. The Bertz CT molecular complexity index is 1040. The van der Waals surface area contributed by atoms with Crippen molar-refractivity contribution in [1.82, 2.24) is 15.3 Å². The van der Waals surface area contributed by atoms with Crippen LogP contribution in [-0.2, 0) is 6.42 Å². The van der Waals surface area contributed by atoms with E-state index in [-0.39, 0.29) is 11.6 Å². The molecular formula is C18H14N4O3S. The van der Waals surface area contributed by atoms with Crippen molar-refractivity contribution in [3.05, 3.63) is 70.8 Å². The van der Waals surface area contributed by atoms with Crippen LogP contribution in [0.25, 0.3) is 10.7 Å². The molecule has 26 heavy (non-hydrogen) atoms. The summed E-state index contributed by atoms with van der Waals surface area (Å²) in [6.07, 6.45) is 0.409. The van der Waals surface area contributed by atoms with E-state index in [2.05, 4.69) is 20.6 Å². The van der Waals surface area contributed by atoms with E-state index in [0.717, 1.165) is 10.4 Å². The molecule has 4 rings (SSSR count). The van der Waals surface area contributed by atoms with E-state index >= 15 is 0 Å². The van der Waals surface area contributed by atoms with E-state index in [0.29, 0.717) is 29.6 Å². The number of para-hydroxylation sites is 1. The highest BCUT2D eigenvalue weighted by molar-refractivity contribution is 7.13. The minimum Gasteiger partial charge on any atom is -0.361 e. The summed E-state index contributed by atoms with van der Waals surface area (Å²) < 4.78 is 10.3. The molecule has 130 valence electrons. The molecule has 0 unspecified atom stereocenters. The fourth-order valence-electron chi connectivity index (χ4n) is 2.45. The standard InChI is InChI=1S/C18H14N4O3S/c1-11-9-14(21-24-11)18(23)19-13-6-3-2-5-12(13)10-16-20-17(22-25-16)15-7-4-8-26-15/h2-9H,10H2,1H3,(H,19,23). The summed E-state index contributed by atoms with van der Waals surface area (Å²) in [7, 11) is 0. The lowest BCUT2D eigenvalue weighted by molar-refractivity contribution is 0.101. The van der Waals surface area contributed by atoms with Gasteiger partial charge in [0.15, 0.2) is 5.69 Å². The molecule has 0 spiro atoms. The average molecular weight is 366 g/mol. The first-order valence-corrected chi connectivity index (χ1v) is 8.76. The van der Waals surface area contributed by atoms with E-state index in [9.17, 15) is 4.79 Å². The van der Waals surface area contributed by atoms with Crippen molar-refractivity contribution >= 4 is 22.9 Å². The number of carbonyl (C=O) groups excluding carboxylic acids is 1. The molecule has 0 saturated carbocycles. The maximum Gasteiger partial charge on any atom is 0.277 e. The van der Waals surface area contributed by atoms with E-state index in [1.54, 1.807) is 24.3 Å². The smallest absolute Gasteiger partial charge is 0.277 e. The van der Waals surface area contributed by atoms with Gasteiger partial charge in [0.1, 0.15) is 5.76 Å². The third-order valence-corrected chi connectivity index (χ3v) is 4.54. The second kappa shape index (κ2) is 6.93. The van der Waals surface area contributed by atoms with Crippen molar-refractivity contribution in [3.8, 4) is 10.7 Å². The lowest BCUT2D eigenvalue weighted by Crippen LogP contribution is -2.13. The topological polar surface area (TPSA) is 94.1 Å². The maximum absolute atomic E-state index is 12.3. The number of thiophene rings is 1. The average Bonchev–Trinajstić information content (AvgIpc) is 3.37. The Morgan fingerprint density at radius 2 is 2.04 bits per heavy atom. The molecule has 1 N–H and O–H groups in total. The van der Waals surface area contributed by atoms with E-state index in [1.807, 2.05) is 41.8 Å². The lowest BCUT2D eigenvalue weighted by atomic mass is 10.1. The van der Waals surface area contributed by atoms with Gasteiger partial charge in [0, 0.05) is 11.8 Å². The summed E-state index contributed by atoms with van der Waals surface area (Å²) in [5.41, 5.74) is 1.76. The Morgan fingerprint density at radius 1 is 1.15 bits per heavy atom. The number of carbonyl (C=O) groups is 1. The minimum absolute atomic E-state index is 0.232. The molecule has 0 radical (unpaired) electrons. The van der Waals surface area contributed by atoms with Crippen molar-refractivity contribution in [2.75, 3.05) is 5.32 Å². The summed E-state index contributed by atoms with van der Waals surface area (Å²) in [4.78, 5) is 17.7. The molecule has 3 aromatic heterocycles. The Balaban J connectivity index is 1.53. The molecule has 8 heteroatoms. The molecule has 0 bridgehead atoms. The first-order chi connectivity index (χ1) is 12.7. The van der Waals surface area contributed by atoms with Gasteiger partial charge in [0.05, 0.1) is 11.3 Å². The molecule has 0 atom stereocenters. The summed E-state index contributed by atoms with van der Waals surface area (Å²) in [6, 6.07) is 12.9. The van der Waals surface area contributed by atoms with Crippen LogP contribution in [0.1, 0.15) is 27.7 Å². The SMILES string of the molecule is Cc1cc(C(=O)Nc2ccccc2Cc2nc(-c3cccs3)no2)no1. The first kappa shape index (κ1) is 16.2. The molecule has 1 amide bonds. The van der Waals surface area contributed by atoms with Crippen LogP contribution in [0.5, 0.6) is 0 Å². The number of rotatable bonds is 5. The van der Waals surface area contributed by atoms with Gasteiger partial charge in [-0.05, 0) is 30.0 Å². The number of nitrogens with zero attached hydrogens (tertiary/aromatic N) is 3. The van der Waals surface area contributed by atoms with Crippen molar-refractivity contribution < 1.29 is 13.8 Å². The Kier molecular flexibility index (Phi) is 4.32. The monoisotopic (exact) mass is 366 g/mol. The van der Waals surface area contributed by atoms with Crippen molar-refractivity contribution in [2.45, 2.75) is 13.3 Å². The van der Waals surface area contributed by atoms with Crippen LogP contribution in [0, 0.1) is 6.92 Å². The quantitative estimate of drug-likeness (QED) is 0.575. The fourth-order valence-corrected chi connectivity index (χ4v) is 3.10. The third-order valence-electron chi connectivity index (χ3n) is 3.68. The fraction of sp³-hybridized carbons (Fsp3) is 0.111. The second-order valence-corrected chi connectivity index (χ2v) is 6.55. The number of hydrogen-bond acceptors (Lipinski definition) is 7. The van der Waals surface area contributed by atoms with E-state index in [4.69, 9.17) is 9.05 Å². The van der Waals surface area contributed by atoms with E-state index < -0.39 is 0 Å². The van der Waals surface area contributed by atoms with Gasteiger partial charge in [-0.2, -0.15) is 4.98 Å². The predicted octanol–water partition coefficient (Wildman–Crippen LogP) is 3.94. The molecule has 7 nitrogen and oxygen atoms in total. The van der Waals surface area contributed by atoms with Crippen LogP contribution < -0.4 is 5.32 Å². The summed E-state index contributed by atoms with van der Waals surface area (Å²) in [5.74, 6) is 1.29. The van der Waals surface area contributed by atoms with Crippen LogP contribution in [0.4, 0.5) is 5.69 Å². The highest BCUT2D eigenvalue weighted by atomic mass is 32.1. The van der Waals surface area contributed by atoms with Gasteiger partial charge in [-0.25, -0.2) is 0 Å². The number of nitrogens with one attached hydrogen (secondary N) is 1. The molecule has 0 aliphatic heterocycles. The van der Waals surface area contributed by atoms with E-state index in [1.165, 1.54) is 0 Å². The first-order valence-electron chi connectivity index (χ1n) is 7.88. The summed E-state index contributed by atoms with van der Waals surface area (Å²) >= 11 is 1.55. The van der Waals surface area contributed by atoms with Crippen LogP contribution >= 0.6 is 11.3 Å². The number of anilines is 1. The number of aromatic nitrogens is 3. The van der Waals surface area contributed by atoms with Gasteiger partial charge in [-0.1, -0.05) is 34.6 Å². The largest absolute Gasteiger partial charge is 0.361 e. The molecule has 0 aliphatic carbocycles. The molecule has 0 fully saturated rings. The normalized spacial score (nSPS) is 10.8. The number of aryl methyl sites for hydroxylation is 1. The van der Waals surface area contributed by atoms with Crippen LogP contribution in [0.15, 0.2) is 56.9 Å². The zero-order valence-electron chi connectivity index (χ0n) is 13.8. The third kappa shape index (κ3) is 3.40. The van der Waals surface area contributed by atoms with Crippen molar-refractivity contribution in [2.24, 2.45) is 0 Å². The second-order valence-electron chi connectivity index (χ2n) is 5.60. The Hall–Kier alpha value is -3.26. The van der Waals surface area contributed by atoms with Gasteiger partial charge in [-0.15, -0.1) is 11.3 Å². The molecule has 3 heterocycles. The molecule has 0 aliphatic rings. The van der Waals surface area contributed by atoms with Crippen molar-refractivity contribution in [3.63, 3.8) is 0 Å².